The number of anilines is 1. The minimum atomic E-state index is -0.580. The van der Waals surface area contributed by atoms with Crippen molar-refractivity contribution in [3.63, 3.8) is 0 Å². The van der Waals surface area contributed by atoms with Crippen molar-refractivity contribution in [2.24, 2.45) is 0 Å². The molecule has 23 heavy (non-hydrogen) atoms. The van der Waals surface area contributed by atoms with Crippen LogP contribution in [0.25, 0.3) is 0 Å². The number of carbonyl (C=O) groups excluding carboxylic acids is 2. The van der Waals surface area contributed by atoms with E-state index in [2.05, 4.69) is 0 Å². The summed E-state index contributed by atoms with van der Waals surface area (Å²) in [5.41, 5.74) is 7.01. The van der Waals surface area contributed by atoms with Crippen LogP contribution < -0.4 is 5.73 Å². The van der Waals surface area contributed by atoms with E-state index in [1.54, 1.807) is 19.2 Å². The fourth-order valence-corrected chi connectivity index (χ4v) is 3.63. The Morgan fingerprint density at radius 3 is 2.57 bits per heavy atom. The van der Waals surface area contributed by atoms with Gasteiger partial charge in [0, 0.05) is 5.56 Å². The first-order chi connectivity index (χ1) is 11.0. The van der Waals surface area contributed by atoms with Crippen LogP contribution in [0.2, 0.25) is 0 Å². The second-order valence-corrected chi connectivity index (χ2v) is 6.46. The molecule has 0 radical (unpaired) electrons. The van der Waals surface area contributed by atoms with Crippen molar-refractivity contribution in [2.75, 3.05) is 12.3 Å². The Labute approximate surface area is 141 Å². The van der Waals surface area contributed by atoms with Crippen molar-refractivity contribution in [2.45, 2.75) is 20.5 Å². The van der Waals surface area contributed by atoms with Gasteiger partial charge in [-0.25, -0.2) is 9.59 Å². The summed E-state index contributed by atoms with van der Waals surface area (Å²) >= 11 is 2.23. The molecular formula is C15H14N2O4S2. The third-order valence-corrected chi connectivity index (χ3v) is 5.04. The normalized spacial score (nSPS) is 10.1. The smallest absolute Gasteiger partial charge is 0.348 e. The van der Waals surface area contributed by atoms with E-state index in [-0.39, 0.29) is 34.2 Å². The molecule has 0 atom stereocenters. The summed E-state index contributed by atoms with van der Waals surface area (Å²) in [6.07, 6.45) is 0. The molecular weight excluding hydrogens is 336 g/mol. The number of nitrogens with two attached hydrogens (primary N) is 1. The predicted octanol–water partition coefficient (Wildman–Crippen LogP) is 3.11. The third kappa shape index (κ3) is 3.52. The highest BCUT2D eigenvalue weighted by atomic mass is 32.1. The molecule has 0 amide bonds. The molecule has 2 N–H and O–H groups in total. The zero-order valence-corrected chi connectivity index (χ0v) is 14.2. The molecule has 0 saturated carbocycles. The maximum absolute atomic E-state index is 12.1. The summed E-state index contributed by atoms with van der Waals surface area (Å²) in [6, 6.07) is 3.75. The van der Waals surface area contributed by atoms with Gasteiger partial charge >= 0.3 is 11.9 Å². The molecule has 0 spiro atoms. The molecule has 0 aromatic carbocycles. The van der Waals surface area contributed by atoms with Gasteiger partial charge in [0.05, 0.1) is 12.2 Å². The Bertz CT molecular complexity index is 786. The lowest BCUT2D eigenvalue weighted by Crippen LogP contribution is -2.10. The zero-order chi connectivity index (χ0) is 17.0. The molecule has 0 aliphatic heterocycles. The Morgan fingerprint density at radius 1 is 1.30 bits per heavy atom. The van der Waals surface area contributed by atoms with E-state index in [4.69, 9.17) is 15.2 Å². The van der Waals surface area contributed by atoms with Crippen molar-refractivity contribution in [1.82, 2.24) is 0 Å². The molecule has 0 bridgehead atoms. The van der Waals surface area contributed by atoms with Crippen molar-refractivity contribution >= 4 is 39.6 Å². The van der Waals surface area contributed by atoms with Crippen LogP contribution in [0.1, 0.15) is 43.0 Å². The topological polar surface area (TPSA) is 102 Å². The largest absolute Gasteiger partial charge is 0.462 e. The quantitative estimate of drug-likeness (QED) is 0.831. The van der Waals surface area contributed by atoms with Crippen LogP contribution in [0, 0.1) is 18.3 Å². The maximum Gasteiger partial charge on any atom is 0.348 e. The fourth-order valence-electron chi connectivity index (χ4n) is 1.89. The highest BCUT2D eigenvalue weighted by Gasteiger charge is 2.24. The monoisotopic (exact) mass is 350 g/mol. The standard InChI is InChI=1S/C15H14N2O4S2/c1-3-20-15(19)12-10(9(6-16)13(17)23-12)7-21-14(18)11-8(2)4-5-22-11/h4-5H,3,7,17H2,1-2H3. The van der Waals surface area contributed by atoms with Gasteiger partial charge < -0.3 is 15.2 Å². The first kappa shape index (κ1) is 17.0. The van der Waals surface area contributed by atoms with E-state index in [9.17, 15) is 14.9 Å². The second-order valence-electron chi connectivity index (χ2n) is 4.49. The number of esters is 2. The average Bonchev–Trinajstić information content (AvgIpc) is 3.08. The van der Waals surface area contributed by atoms with Crippen molar-refractivity contribution in [3.05, 3.63) is 37.9 Å². The third-order valence-electron chi connectivity index (χ3n) is 3.00. The minimum Gasteiger partial charge on any atom is -0.462 e. The number of rotatable bonds is 5. The van der Waals surface area contributed by atoms with Crippen LogP contribution in [-0.4, -0.2) is 18.5 Å². The summed E-state index contributed by atoms with van der Waals surface area (Å²) < 4.78 is 10.2. The Kier molecular flexibility index (Phi) is 5.36. The van der Waals surface area contributed by atoms with E-state index in [1.807, 2.05) is 12.1 Å². The van der Waals surface area contributed by atoms with Gasteiger partial charge in [0.25, 0.3) is 0 Å². The Morgan fingerprint density at radius 2 is 2.00 bits per heavy atom. The minimum absolute atomic E-state index is 0.147. The number of nitrogens with zero attached hydrogens (tertiary/aromatic N) is 1. The summed E-state index contributed by atoms with van der Waals surface area (Å²) in [5.74, 6) is -1.08. The number of nitriles is 1. The highest BCUT2D eigenvalue weighted by Crippen LogP contribution is 2.32. The predicted molar refractivity (Wildman–Crippen MR) is 87.6 cm³/mol. The molecule has 0 saturated heterocycles. The molecule has 0 aliphatic carbocycles. The molecule has 2 aromatic rings. The van der Waals surface area contributed by atoms with E-state index >= 15 is 0 Å². The summed E-state index contributed by atoms with van der Waals surface area (Å²) in [4.78, 5) is 24.7. The number of carbonyl (C=O) groups is 2. The van der Waals surface area contributed by atoms with Crippen molar-refractivity contribution in [3.8, 4) is 6.07 Å². The van der Waals surface area contributed by atoms with Gasteiger partial charge in [0.1, 0.15) is 27.4 Å². The molecule has 120 valence electrons. The average molecular weight is 350 g/mol. The van der Waals surface area contributed by atoms with Gasteiger partial charge in [-0.1, -0.05) is 0 Å². The van der Waals surface area contributed by atoms with Gasteiger partial charge in [0.15, 0.2) is 0 Å². The number of aryl methyl sites for hydroxylation is 1. The Hall–Kier alpha value is -2.37. The molecule has 2 aromatic heterocycles. The van der Waals surface area contributed by atoms with E-state index < -0.39 is 11.9 Å². The number of thiophene rings is 2. The molecule has 0 aliphatic rings. The molecule has 8 heteroatoms. The number of hydrogen-bond donors (Lipinski definition) is 1. The van der Waals surface area contributed by atoms with Crippen molar-refractivity contribution in [1.29, 1.82) is 5.26 Å². The molecule has 2 rings (SSSR count). The lowest BCUT2D eigenvalue weighted by atomic mass is 10.1. The second kappa shape index (κ2) is 7.26. The zero-order valence-electron chi connectivity index (χ0n) is 12.5. The number of hydrogen-bond acceptors (Lipinski definition) is 8. The first-order valence-electron chi connectivity index (χ1n) is 6.69. The molecule has 0 fully saturated rings. The fraction of sp³-hybridized carbons (Fsp3) is 0.267. The highest BCUT2D eigenvalue weighted by molar-refractivity contribution is 7.18. The lowest BCUT2D eigenvalue weighted by molar-refractivity contribution is 0.0456. The van der Waals surface area contributed by atoms with Crippen LogP contribution in [-0.2, 0) is 16.1 Å². The number of ether oxygens (including phenoxy) is 2. The molecule has 2 heterocycles. The van der Waals surface area contributed by atoms with Crippen molar-refractivity contribution < 1.29 is 19.1 Å². The van der Waals surface area contributed by atoms with E-state index in [0.717, 1.165) is 16.9 Å². The van der Waals surface area contributed by atoms with Gasteiger partial charge in [-0.15, -0.1) is 22.7 Å². The summed E-state index contributed by atoms with van der Waals surface area (Å²) in [5, 5.41) is 11.2. The van der Waals surface area contributed by atoms with Gasteiger partial charge in [-0.05, 0) is 30.9 Å². The first-order valence-corrected chi connectivity index (χ1v) is 8.38. The number of nitrogen functional groups attached to an aromatic ring is 1. The van der Waals surface area contributed by atoms with Crippen LogP contribution >= 0.6 is 22.7 Å². The van der Waals surface area contributed by atoms with Crippen LogP contribution in [0.15, 0.2) is 11.4 Å². The van der Waals surface area contributed by atoms with Gasteiger partial charge in [-0.2, -0.15) is 5.26 Å². The van der Waals surface area contributed by atoms with Gasteiger partial charge in [0.2, 0.25) is 0 Å². The Balaban J connectivity index is 2.25. The lowest BCUT2D eigenvalue weighted by Gasteiger charge is -2.06. The molecule has 0 unspecified atom stereocenters. The SMILES string of the molecule is CCOC(=O)c1sc(N)c(C#N)c1COC(=O)c1sccc1C. The summed E-state index contributed by atoms with van der Waals surface area (Å²) in [7, 11) is 0. The van der Waals surface area contributed by atoms with Crippen LogP contribution in [0.4, 0.5) is 5.00 Å². The van der Waals surface area contributed by atoms with E-state index in [0.29, 0.717) is 4.88 Å². The summed E-state index contributed by atoms with van der Waals surface area (Å²) in [6.45, 7) is 3.48. The van der Waals surface area contributed by atoms with Crippen LogP contribution in [0.3, 0.4) is 0 Å². The van der Waals surface area contributed by atoms with Crippen LogP contribution in [0.5, 0.6) is 0 Å². The van der Waals surface area contributed by atoms with E-state index in [1.165, 1.54) is 11.3 Å². The molecule has 6 nitrogen and oxygen atoms in total. The maximum atomic E-state index is 12.1. The van der Waals surface area contributed by atoms with Gasteiger partial charge in [-0.3, -0.25) is 0 Å².